The van der Waals surface area contributed by atoms with Crippen LogP contribution in [-0.2, 0) is 17.8 Å². The van der Waals surface area contributed by atoms with Crippen LogP contribution in [0.5, 0.6) is 5.75 Å². The lowest BCUT2D eigenvalue weighted by Gasteiger charge is -2.11. The van der Waals surface area contributed by atoms with Gasteiger partial charge in [-0.05, 0) is 29.8 Å². The van der Waals surface area contributed by atoms with Crippen LogP contribution in [0.4, 0.5) is 0 Å². The summed E-state index contributed by atoms with van der Waals surface area (Å²) in [6.45, 7) is 1.11. The molecule has 0 unspecified atom stereocenters. The van der Waals surface area contributed by atoms with Gasteiger partial charge in [0, 0.05) is 39.0 Å². The highest BCUT2D eigenvalue weighted by molar-refractivity contribution is 5.78. The van der Waals surface area contributed by atoms with Crippen molar-refractivity contribution < 1.29 is 9.53 Å². The predicted octanol–water partition coefficient (Wildman–Crippen LogP) is 1.20. The number of nitrogens with zero attached hydrogens (tertiary/aromatic N) is 3. The Balaban J connectivity index is 1.79. The number of pyridine rings is 1. The van der Waals surface area contributed by atoms with Gasteiger partial charge in [0.15, 0.2) is 12.6 Å². The largest absolute Gasteiger partial charge is 0.484 e. The van der Waals surface area contributed by atoms with E-state index in [1.54, 1.807) is 20.3 Å². The van der Waals surface area contributed by atoms with E-state index in [0.717, 1.165) is 17.7 Å². The molecule has 0 saturated carbocycles. The first-order chi connectivity index (χ1) is 12.5. The minimum atomic E-state index is -0.0882. The highest BCUT2D eigenvalue weighted by Gasteiger charge is 2.05. The first-order valence-electron chi connectivity index (χ1n) is 8.40. The van der Waals surface area contributed by atoms with Gasteiger partial charge in [-0.2, -0.15) is 0 Å². The molecule has 0 radical (unpaired) electrons. The van der Waals surface area contributed by atoms with Gasteiger partial charge in [-0.15, -0.1) is 0 Å². The molecule has 0 aliphatic rings. The molecule has 3 N–H and O–H groups in total. The standard InChI is InChI=1S/C19H25N5O2/c1-24(2)18(25)14-26-17-8-5-6-15(12-17)13-23-19(20)22-11-9-16-7-3-4-10-21-16/h3-8,10,12H,9,11,13-14H2,1-2H3,(H3,20,22,23). The Morgan fingerprint density at radius 1 is 1.27 bits per heavy atom. The molecule has 1 aromatic carbocycles. The molecule has 0 bridgehead atoms. The molecule has 0 saturated heterocycles. The number of carbonyl (C=O) groups excluding carboxylic acids is 1. The molecule has 0 aliphatic carbocycles. The van der Waals surface area contributed by atoms with Crippen molar-refractivity contribution in [2.75, 3.05) is 27.2 Å². The Kier molecular flexibility index (Phi) is 7.42. The Morgan fingerprint density at radius 3 is 2.85 bits per heavy atom. The van der Waals surface area contributed by atoms with Gasteiger partial charge in [0.2, 0.25) is 0 Å². The molecular formula is C19H25N5O2. The fraction of sp³-hybridized carbons (Fsp3) is 0.316. The maximum atomic E-state index is 11.6. The first kappa shape index (κ1) is 19.2. The van der Waals surface area contributed by atoms with Crippen LogP contribution in [0.15, 0.2) is 53.7 Å². The van der Waals surface area contributed by atoms with Crippen LogP contribution in [0.2, 0.25) is 0 Å². The lowest BCUT2D eigenvalue weighted by Crippen LogP contribution is -2.33. The molecule has 26 heavy (non-hydrogen) atoms. The number of hydrogen-bond donors (Lipinski definition) is 2. The molecular weight excluding hydrogens is 330 g/mol. The first-order valence-corrected chi connectivity index (χ1v) is 8.40. The third-order valence-electron chi connectivity index (χ3n) is 3.60. The number of likely N-dealkylation sites (N-methyl/N-ethyl adjacent to an activating group) is 1. The van der Waals surface area contributed by atoms with Crippen LogP contribution in [0, 0.1) is 0 Å². The van der Waals surface area contributed by atoms with Gasteiger partial charge in [-0.3, -0.25) is 9.78 Å². The molecule has 2 rings (SSSR count). The summed E-state index contributed by atoms with van der Waals surface area (Å²) in [6.07, 6.45) is 2.55. The summed E-state index contributed by atoms with van der Waals surface area (Å²) in [5.41, 5.74) is 7.85. The number of aliphatic imine (C=N–C) groups is 1. The van der Waals surface area contributed by atoms with Crippen LogP contribution >= 0.6 is 0 Å². The summed E-state index contributed by atoms with van der Waals surface area (Å²) in [4.78, 5) is 21.6. The SMILES string of the molecule is CN(C)C(=O)COc1cccc(CN=C(N)NCCc2ccccn2)c1. The monoisotopic (exact) mass is 355 g/mol. The van der Waals surface area contributed by atoms with E-state index in [1.165, 1.54) is 4.90 Å². The molecule has 7 heteroatoms. The number of guanidine groups is 1. The normalized spacial score (nSPS) is 11.1. The zero-order chi connectivity index (χ0) is 18.8. The Bertz CT molecular complexity index is 732. The molecule has 0 atom stereocenters. The second-order valence-corrected chi connectivity index (χ2v) is 5.92. The lowest BCUT2D eigenvalue weighted by atomic mass is 10.2. The number of aromatic nitrogens is 1. The van der Waals surface area contributed by atoms with Gasteiger partial charge in [0.05, 0.1) is 6.54 Å². The average Bonchev–Trinajstić information content (AvgIpc) is 2.65. The summed E-state index contributed by atoms with van der Waals surface area (Å²) < 4.78 is 5.50. The van der Waals surface area contributed by atoms with Gasteiger partial charge in [0.1, 0.15) is 5.75 Å². The van der Waals surface area contributed by atoms with Crippen molar-refractivity contribution in [2.45, 2.75) is 13.0 Å². The van der Waals surface area contributed by atoms with E-state index >= 15 is 0 Å². The fourth-order valence-corrected chi connectivity index (χ4v) is 2.10. The van der Waals surface area contributed by atoms with Crippen LogP contribution in [0.3, 0.4) is 0 Å². The number of rotatable bonds is 8. The van der Waals surface area contributed by atoms with Crippen molar-refractivity contribution in [3.8, 4) is 5.75 Å². The molecule has 0 fully saturated rings. The third-order valence-corrected chi connectivity index (χ3v) is 3.60. The molecule has 0 aliphatic heterocycles. The average molecular weight is 355 g/mol. The van der Waals surface area contributed by atoms with Crippen LogP contribution in [-0.4, -0.2) is 49.0 Å². The maximum Gasteiger partial charge on any atom is 0.259 e. The van der Waals surface area contributed by atoms with Crippen LogP contribution in [0.1, 0.15) is 11.3 Å². The Morgan fingerprint density at radius 2 is 2.12 bits per heavy atom. The van der Waals surface area contributed by atoms with Crippen molar-refractivity contribution in [2.24, 2.45) is 10.7 Å². The molecule has 1 aromatic heterocycles. The highest BCUT2D eigenvalue weighted by atomic mass is 16.5. The molecule has 1 amide bonds. The van der Waals surface area contributed by atoms with Crippen molar-refractivity contribution >= 4 is 11.9 Å². The fourth-order valence-electron chi connectivity index (χ4n) is 2.10. The van der Waals surface area contributed by atoms with E-state index in [4.69, 9.17) is 10.5 Å². The number of carbonyl (C=O) groups is 1. The Hall–Kier alpha value is -3.09. The van der Waals surface area contributed by atoms with E-state index in [2.05, 4.69) is 15.3 Å². The van der Waals surface area contributed by atoms with E-state index in [-0.39, 0.29) is 12.5 Å². The minimum absolute atomic E-state index is 0.0109. The van der Waals surface area contributed by atoms with Gasteiger partial charge in [-0.1, -0.05) is 18.2 Å². The van der Waals surface area contributed by atoms with Crippen LogP contribution in [0.25, 0.3) is 0 Å². The van der Waals surface area contributed by atoms with E-state index in [0.29, 0.717) is 24.8 Å². The lowest BCUT2D eigenvalue weighted by molar-refractivity contribution is -0.130. The smallest absolute Gasteiger partial charge is 0.259 e. The van der Waals surface area contributed by atoms with E-state index in [9.17, 15) is 4.79 Å². The quantitative estimate of drug-likeness (QED) is 0.548. The summed E-state index contributed by atoms with van der Waals surface area (Å²) in [6, 6.07) is 13.3. The number of ether oxygens (including phenoxy) is 1. The molecule has 1 heterocycles. The number of hydrogen-bond acceptors (Lipinski definition) is 4. The van der Waals surface area contributed by atoms with Gasteiger partial charge < -0.3 is 20.7 Å². The Labute approximate surface area is 153 Å². The molecule has 138 valence electrons. The summed E-state index contributed by atoms with van der Waals surface area (Å²) in [7, 11) is 3.39. The van der Waals surface area contributed by atoms with Crippen molar-refractivity contribution in [1.82, 2.24) is 15.2 Å². The molecule has 0 spiro atoms. The number of nitrogens with one attached hydrogen (secondary N) is 1. The van der Waals surface area contributed by atoms with E-state index < -0.39 is 0 Å². The van der Waals surface area contributed by atoms with Crippen molar-refractivity contribution in [3.63, 3.8) is 0 Å². The second-order valence-electron chi connectivity index (χ2n) is 5.92. The molecule has 7 nitrogen and oxygen atoms in total. The van der Waals surface area contributed by atoms with Crippen LogP contribution < -0.4 is 15.8 Å². The van der Waals surface area contributed by atoms with Gasteiger partial charge in [0.25, 0.3) is 5.91 Å². The van der Waals surface area contributed by atoms with Crippen molar-refractivity contribution in [3.05, 3.63) is 59.9 Å². The second kappa shape index (κ2) is 10.0. The highest BCUT2D eigenvalue weighted by Crippen LogP contribution is 2.14. The van der Waals surface area contributed by atoms with Gasteiger partial charge >= 0.3 is 0 Å². The summed E-state index contributed by atoms with van der Waals surface area (Å²) in [5.74, 6) is 0.930. The number of amides is 1. The molecule has 2 aromatic rings. The summed E-state index contributed by atoms with van der Waals surface area (Å²) >= 11 is 0. The maximum absolute atomic E-state index is 11.6. The van der Waals surface area contributed by atoms with E-state index in [1.807, 2.05) is 42.5 Å². The number of nitrogens with two attached hydrogens (primary N) is 1. The number of benzene rings is 1. The minimum Gasteiger partial charge on any atom is -0.484 e. The predicted molar refractivity (Wildman–Crippen MR) is 102 cm³/mol. The van der Waals surface area contributed by atoms with Crippen molar-refractivity contribution in [1.29, 1.82) is 0 Å². The summed E-state index contributed by atoms with van der Waals surface area (Å²) in [5, 5.41) is 3.07. The zero-order valence-electron chi connectivity index (χ0n) is 15.2. The zero-order valence-corrected chi connectivity index (χ0v) is 15.2. The van der Waals surface area contributed by atoms with Gasteiger partial charge in [-0.25, -0.2) is 4.99 Å². The third kappa shape index (κ3) is 6.80. The topological polar surface area (TPSA) is 92.8 Å².